The van der Waals surface area contributed by atoms with Gasteiger partial charge in [-0.1, -0.05) is 25.1 Å². The number of nitrogens with one attached hydrogen (secondary N) is 1. The molecule has 0 spiro atoms. The molecule has 1 N–H and O–H groups in total. The van der Waals surface area contributed by atoms with Crippen molar-refractivity contribution in [2.24, 2.45) is 0 Å². The summed E-state index contributed by atoms with van der Waals surface area (Å²) in [4.78, 5) is 6.00. The molecule has 0 aliphatic carbocycles. The number of hydrogen-bond acceptors (Lipinski definition) is 3. The lowest BCUT2D eigenvalue weighted by Gasteiger charge is -2.22. The van der Waals surface area contributed by atoms with Gasteiger partial charge in [-0.3, -0.25) is 0 Å². The Morgan fingerprint density at radius 2 is 2.29 bits per heavy atom. The Balaban J connectivity index is 1.70. The second-order valence-corrected chi connectivity index (χ2v) is 6.89. The predicted molar refractivity (Wildman–Crippen MR) is 88.9 cm³/mol. The van der Waals surface area contributed by atoms with Crippen molar-refractivity contribution < 1.29 is 0 Å². The Bertz CT molecular complexity index is 568. The summed E-state index contributed by atoms with van der Waals surface area (Å²) in [6.07, 6.45) is 7.32. The fraction of sp³-hybridized carbons (Fsp3) is 0.471. The maximum absolute atomic E-state index is 4.56. The first kappa shape index (κ1) is 14.7. The number of aryl methyl sites for hydroxylation is 1. The fourth-order valence-electron chi connectivity index (χ4n) is 3.02. The molecule has 1 aromatic carbocycles. The van der Waals surface area contributed by atoms with Crippen LogP contribution in [0.4, 0.5) is 0 Å². The lowest BCUT2D eigenvalue weighted by atomic mass is 10.0. The second kappa shape index (κ2) is 6.67. The van der Waals surface area contributed by atoms with Crippen LogP contribution in [0.25, 0.3) is 0 Å². The lowest BCUT2D eigenvalue weighted by molar-refractivity contribution is 0.506. The number of imidazole rings is 1. The molecular weight excluding hydrogens is 278 g/mol. The first-order valence-corrected chi connectivity index (χ1v) is 8.61. The summed E-state index contributed by atoms with van der Waals surface area (Å²) < 4.78 is 2.29. The highest BCUT2D eigenvalue weighted by Gasteiger charge is 2.29. The van der Waals surface area contributed by atoms with Crippen LogP contribution in [0.2, 0.25) is 0 Å². The molecular formula is C17H23N3S. The number of benzene rings is 1. The highest BCUT2D eigenvalue weighted by atomic mass is 32.2. The summed E-state index contributed by atoms with van der Waals surface area (Å²) in [5.74, 6) is 1.20. The van der Waals surface area contributed by atoms with Gasteiger partial charge in [-0.15, -0.1) is 11.8 Å². The van der Waals surface area contributed by atoms with E-state index in [0.717, 1.165) is 25.8 Å². The molecule has 2 heterocycles. The summed E-state index contributed by atoms with van der Waals surface area (Å²) >= 11 is 2.01. The lowest BCUT2D eigenvalue weighted by Crippen LogP contribution is -2.38. The number of thioether (sulfide) groups is 1. The molecule has 4 heteroatoms. The average molecular weight is 301 g/mol. The van der Waals surface area contributed by atoms with Gasteiger partial charge in [0.15, 0.2) is 0 Å². The van der Waals surface area contributed by atoms with Crippen LogP contribution >= 0.6 is 11.8 Å². The van der Waals surface area contributed by atoms with Crippen molar-refractivity contribution in [1.82, 2.24) is 14.9 Å². The zero-order valence-electron chi connectivity index (χ0n) is 12.7. The molecule has 2 aromatic rings. The van der Waals surface area contributed by atoms with Gasteiger partial charge in [0.2, 0.25) is 0 Å². The van der Waals surface area contributed by atoms with E-state index in [1.165, 1.54) is 16.3 Å². The van der Waals surface area contributed by atoms with Gasteiger partial charge in [0.1, 0.15) is 5.82 Å². The van der Waals surface area contributed by atoms with E-state index in [-0.39, 0.29) is 0 Å². The van der Waals surface area contributed by atoms with E-state index in [1.54, 1.807) is 0 Å². The Morgan fingerprint density at radius 1 is 1.43 bits per heavy atom. The van der Waals surface area contributed by atoms with Crippen molar-refractivity contribution in [1.29, 1.82) is 0 Å². The van der Waals surface area contributed by atoms with Gasteiger partial charge in [-0.05, 0) is 31.5 Å². The summed E-state index contributed by atoms with van der Waals surface area (Å²) in [7, 11) is 2.07. The number of hydrogen-bond donors (Lipinski definition) is 1. The zero-order chi connectivity index (χ0) is 14.7. The highest BCUT2D eigenvalue weighted by Crippen LogP contribution is 2.38. The van der Waals surface area contributed by atoms with Crippen molar-refractivity contribution in [3.05, 3.63) is 48.0 Å². The number of rotatable bonds is 6. The summed E-state index contributed by atoms with van der Waals surface area (Å²) in [5, 5.41) is 4.11. The summed E-state index contributed by atoms with van der Waals surface area (Å²) in [5.41, 5.74) is 1.49. The number of nitrogens with zero attached hydrogens (tertiary/aromatic N) is 2. The van der Waals surface area contributed by atoms with Crippen LogP contribution in [0.3, 0.4) is 0 Å². The van der Waals surface area contributed by atoms with E-state index in [9.17, 15) is 0 Å². The minimum atomic E-state index is 0.459. The van der Waals surface area contributed by atoms with Crippen LogP contribution < -0.4 is 5.32 Å². The molecule has 3 rings (SSSR count). The van der Waals surface area contributed by atoms with Gasteiger partial charge in [0.25, 0.3) is 0 Å². The van der Waals surface area contributed by atoms with E-state index in [4.69, 9.17) is 0 Å². The number of aromatic nitrogens is 2. The van der Waals surface area contributed by atoms with Gasteiger partial charge in [0, 0.05) is 41.5 Å². The van der Waals surface area contributed by atoms with Crippen LogP contribution in [0.5, 0.6) is 0 Å². The largest absolute Gasteiger partial charge is 0.335 e. The van der Waals surface area contributed by atoms with E-state index < -0.39 is 0 Å². The third-order valence-corrected chi connectivity index (χ3v) is 5.61. The van der Waals surface area contributed by atoms with Crippen LogP contribution in [0, 0.1) is 0 Å². The van der Waals surface area contributed by atoms with Crippen LogP contribution in [0.1, 0.15) is 24.7 Å². The third kappa shape index (κ3) is 3.16. The van der Waals surface area contributed by atoms with Gasteiger partial charge >= 0.3 is 0 Å². The SMILES string of the molecule is CCCn1ccnc1CC(NC)C1Cc2ccccc2S1. The van der Waals surface area contributed by atoms with Gasteiger partial charge in [-0.25, -0.2) is 4.98 Å². The molecule has 0 amide bonds. The average Bonchev–Trinajstić information content (AvgIpc) is 3.11. The number of likely N-dealkylation sites (N-methyl/N-ethyl adjacent to an activating group) is 1. The summed E-state index contributed by atoms with van der Waals surface area (Å²) in [6.45, 7) is 3.27. The minimum absolute atomic E-state index is 0.459. The third-order valence-electron chi connectivity index (χ3n) is 4.16. The quantitative estimate of drug-likeness (QED) is 0.889. The van der Waals surface area contributed by atoms with Crippen LogP contribution in [-0.4, -0.2) is 27.9 Å². The maximum atomic E-state index is 4.56. The molecule has 0 bridgehead atoms. The molecule has 0 fully saturated rings. The molecule has 1 aliphatic rings. The van der Waals surface area contributed by atoms with E-state index in [2.05, 4.69) is 59.3 Å². The topological polar surface area (TPSA) is 29.9 Å². The van der Waals surface area contributed by atoms with Crippen molar-refractivity contribution in [3.63, 3.8) is 0 Å². The monoisotopic (exact) mass is 301 g/mol. The zero-order valence-corrected chi connectivity index (χ0v) is 13.6. The van der Waals surface area contributed by atoms with E-state index >= 15 is 0 Å². The molecule has 2 atom stereocenters. The Hall–Kier alpha value is -1.26. The highest BCUT2D eigenvalue weighted by molar-refractivity contribution is 8.00. The van der Waals surface area contributed by atoms with Crippen molar-refractivity contribution in [2.75, 3.05) is 7.05 Å². The Labute approximate surface area is 131 Å². The Kier molecular flexibility index (Phi) is 4.66. The molecule has 0 saturated carbocycles. The van der Waals surface area contributed by atoms with Gasteiger partial charge in [-0.2, -0.15) is 0 Å². The first-order chi connectivity index (χ1) is 10.3. The van der Waals surface area contributed by atoms with Gasteiger partial charge < -0.3 is 9.88 Å². The van der Waals surface area contributed by atoms with Crippen molar-refractivity contribution in [2.45, 2.75) is 48.9 Å². The molecule has 1 aromatic heterocycles. The van der Waals surface area contributed by atoms with E-state index in [0.29, 0.717) is 11.3 Å². The number of fused-ring (bicyclic) bond motifs is 1. The molecule has 0 radical (unpaired) electrons. The molecule has 112 valence electrons. The normalized spacial score (nSPS) is 18.7. The summed E-state index contributed by atoms with van der Waals surface area (Å²) in [6, 6.07) is 9.23. The van der Waals surface area contributed by atoms with Crippen molar-refractivity contribution >= 4 is 11.8 Å². The van der Waals surface area contributed by atoms with Crippen LogP contribution in [-0.2, 0) is 19.4 Å². The fourth-order valence-corrected chi connectivity index (χ4v) is 4.47. The second-order valence-electron chi connectivity index (χ2n) is 5.60. The van der Waals surface area contributed by atoms with E-state index in [1.807, 2.05) is 18.0 Å². The molecule has 0 saturated heterocycles. The maximum Gasteiger partial charge on any atom is 0.110 e. The van der Waals surface area contributed by atoms with Crippen molar-refractivity contribution in [3.8, 4) is 0 Å². The molecule has 2 unspecified atom stereocenters. The van der Waals surface area contributed by atoms with Gasteiger partial charge in [0.05, 0.1) is 0 Å². The predicted octanol–water partition coefficient (Wildman–Crippen LogP) is 3.14. The van der Waals surface area contributed by atoms with Crippen LogP contribution in [0.15, 0.2) is 41.6 Å². The smallest absolute Gasteiger partial charge is 0.110 e. The molecule has 21 heavy (non-hydrogen) atoms. The molecule has 1 aliphatic heterocycles. The molecule has 3 nitrogen and oxygen atoms in total. The first-order valence-electron chi connectivity index (χ1n) is 7.73. The standard InChI is InChI=1S/C17H23N3S/c1-3-9-20-10-8-19-17(20)12-14(18-2)16-11-13-6-4-5-7-15(13)21-16/h4-8,10,14,16,18H,3,9,11-12H2,1-2H3. The minimum Gasteiger partial charge on any atom is -0.335 e. The Morgan fingerprint density at radius 3 is 3.05 bits per heavy atom.